The topological polar surface area (TPSA) is 63.4 Å². The van der Waals surface area contributed by atoms with E-state index in [1.807, 2.05) is 25.1 Å². The summed E-state index contributed by atoms with van der Waals surface area (Å²) in [6.45, 7) is 2.97. The van der Waals surface area contributed by atoms with E-state index in [4.69, 9.17) is 17.3 Å². The molecule has 4 nitrogen and oxygen atoms in total. The van der Waals surface area contributed by atoms with Crippen molar-refractivity contribution in [1.29, 1.82) is 0 Å². The first-order valence-electron chi connectivity index (χ1n) is 7.84. The van der Waals surface area contributed by atoms with Crippen LogP contribution in [-0.2, 0) is 10.0 Å². The predicted molar refractivity (Wildman–Crippen MR) is 94.1 cm³/mol. The summed E-state index contributed by atoms with van der Waals surface area (Å²) in [5.41, 5.74) is 5.98. The third kappa shape index (κ3) is 3.11. The Bertz CT molecular complexity index is 820. The molecule has 0 bridgehead atoms. The summed E-state index contributed by atoms with van der Waals surface area (Å²) in [4.78, 5) is 0.322. The summed E-state index contributed by atoms with van der Waals surface area (Å²) in [7, 11) is -3.55. The van der Waals surface area contributed by atoms with Crippen molar-refractivity contribution in [3.05, 3.63) is 41.4 Å². The molecule has 2 atom stereocenters. The predicted octanol–water partition coefficient (Wildman–Crippen LogP) is 3.24. The van der Waals surface area contributed by atoms with Gasteiger partial charge in [-0.15, -0.1) is 0 Å². The lowest BCUT2D eigenvalue weighted by Gasteiger charge is -2.34. The Labute approximate surface area is 142 Å². The fourth-order valence-electron chi connectivity index (χ4n) is 3.22. The van der Waals surface area contributed by atoms with Gasteiger partial charge in [-0.3, -0.25) is 0 Å². The number of rotatable bonds is 3. The highest BCUT2D eigenvalue weighted by atomic mass is 35.5. The van der Waals surface area contributed by atoms with Gasteiger partial charge < -0.3 is 5.73 Å². The average molecular weight is 353 g/mol. The lowest BCUT2D eigenvalue weighted by atomic mass is 9.93. The maximum Gasteiger partial charge on any atom is 0.243 e. The standard InChI is InChI=1S/C17H21ClN2O2S/c1-12(19)13-5-4-10-20(11-13)23(21,22)17-9-8-16(18)14-6-2-3-7-15(14)17/h2-3,6-9,12-13H,4-5,10-11,19H2,1H3. The van der Waals surface area contributed by atoms with Crippen LogP contribution in [0, 0.1) is 5.92 Å². The molecule has 2 aromatic rings. The summed E-state index contributed by atoms with van der Waals surface area (Å²) in [6.07, 6.45) is 1.82. The molecule has 0 saturated carbocycles. The van der Waals surface area contributed by atoms with Crippen molar-refractivity contribution in [1.82, 2.24) is 4.31 Å². The Balaban J connectivity index is 2.05. The average Bonchev–Trinajstić information content (AvgIpc) is 2.55. The first-order valence-corrected chi connectivity index (χ1v) is 9.66. The van der Waals surface area contributed by atoms with Crippen LogP contribution in [-0.4, -0.2) is 31.9 Å². The maximum atomic E-state index is 13.1. The van der Waals surface area contributed by atoms with E-state index in [-0.39, 0.29) is 12.0 Å². The van der Waals surface area contributed by atoms with Crippen LogP contribution in [0.4, 0.5) is 0 Å². The Kier molecular flexibility index (Phi) is 4.65. The van der Waals surface area contributed by atoms with Gasteiger partial charge >= 0.3 is 0 Å². The highest BCUT2D eigenvalue weighted by Crippen LogP contribution is 2.32. The molecule has 1 fully saturated rings. The third-order valence-corrected chi connectivity index (χ3v) is 6.87. The highest BCUT2D eigenvalue weighted by molar-refractivity contribution is 7.89. The number of halogens is 1. The van der Waals surface area contributed by atoms with Crippen LogP contribution >= 0.6 is 11.6 Å². The van der Waals surface area contributed by atoms with E-state index in [1.54, 1.807) is 22.5 Å². The normalized spacial score (nSPS) is 21.4. The van der Waals surface area contributed by atoms with Gasteiger partial charge in [0.15, 0.2) is 0 Å². The minimum atomic E-state index is -3.55. The van der Waals surface area contributed by atoms with E-state index >= 15 is 0 Å². The second-order valence-corrected chi connectivity index (χ2v) is 8.53. The van der Waals surface area contributed by atoms with Gasteiger partial charge in [0.25, 0.3) is 0 Å². The molecule has 23 heavy (non-hydrogen) atoms. The Morgan fingerprint density at radius 2 is 1.91 bits per heavy atom. The van der Waals surface area contributed by atoms with Crippen molar-refractivity contribution in [3.63, 3.8) is 0 Å². The molecular weight excluding hydrogens is 332 g/mol. The van der Waals surface area contributed by atoms with Gasteiger partial charge in [-0.05, 0) is 37.8 Å². The number of nitrogens with two attached hydrogens (primary N) is 1. The molecule has 0 radical (unpaired) electrons. The first-order chi connectivity index (χ1) is 10.9. The summed E-state index contributed by atoms with van der Waals surface area (Å²) in [6, 6.07) is 10.6. The third-order valence-electron chi connectivity index (χ3n) is 4.61. The van der Waals surface area contributed by atoms with Crippen LogP contribution < -0.4 is 5.73 Å². The molecule has 3 rings (SSSR count). The summed E-state index contributed by atoms with van der Waals surface area (Å²) < 4.78 is 27.8. The van der Waals surface area contributed by atoms with Crippen LogP contribution in [0.1, 0.15) is 19.8 Å². The lowest BCUT2D eigenvalue weighted by molar-refractivity contribution is 0.243. The van der Waals surface area contributed by atoms with Crippen LogP contribution in [0.15, 0.2) is 41.3 Å². The summed E-state index contributed by atoms with van der Waals surface area (Å²) in [5.74, 6) is 0.206. The van der Waals surface area contributed by atoms with E-state index < -0.39 is 10.0 Å². The van der Waals surface area contributed by atoms with Crippen molar-refractivity contribution in [2.75, 3.05) is 13.1 Å². The van der Waals surface area contributed by atoms with Crippen molar-refractivity contribution < 1.29 is 8.42 Å². The molecule has 0 amide bonds. The Morgan fingerprint density at radius 3 is 2.61 bits per heavy atom. The number of hydrogen-bond acceptors (Lipinski definition) is 3. The monoisotopic (exact) mass is 352 g/mol. The number of sulfonamides is 1. The van der Waals surface area contributed by atoms with E-state index in [9.17, 15) is 8.42 Å². The van der Waals surface area contributed by atoms with Gasteiger partial charge in [0.05, 0.1) is 4.90 Å². The second-order valence-electron chi connectivity index (χ2n) is 6.22. The quantitative estimate of drug-likeness (QED) is 0.922. The molecule has 1 aliphatic rings. The first kappa shape index (κ1) is 16.7. The van der Waals surface area contributed by atoms with Crippen molar-refractivity contribution in [3.8, 4) is 0 Å². The molecule has 124 valence electrons. The number of nitrogens with zero attached hydrogens (tertiary/aromatic N) is 1. The van der Waals surface area contributed by atoms with E-state index in [2.05, 4.69) is 0 Å². The molecule has 1 heterocycles. The molecule has 6 heteroatoms. The molecule has 2 aromatic carbocycles. The van der Waals surface area contributed by atoms with Crippen LogP contribution in [0.3, 0.4) is 0 Å². The van der Waals surface area contributed by atoms with Gasteiger partial charge in [0.2, 0.25) is 10.0 Å². The van der Waals surface area contributed by atoms with Crippen LogP contribution in [0.2, 0.25) is 5.02 Å². The maximum absolute atomic E-state index is 13.1. The number of benzene rings is 2. The molecule has 0 aromatic heterocycles. The van der Waals surface area contributed by atoms with Gasteiger partial charge in [0.1, 0.15) is 0 Å². The smallest absolute Gasteiger partial charge is 0.243 e. The number of hydrogen-bond donors (Lipinski definition) is 1. The minimum Gasteiger partial charge on any atom is -0.328 e. The van der Waals surface area contributed by atoms with E-state index in [0.29, 0.717) is 28.4 Å². The van der Waals surface area contributed by atoms with Crippen molar-refractivity contribution in [2.24, 2.45) is 11.7 Å². The minimum absolute atomic E-state index is 0.00466. The summed E-state index contributed by atoms with van der Waals surface area (Å²) >= 11 is 6.20. The number of piperidine rings is 1. The lowest BCUT2D eigenvalue weighted by Crippen LogP contribution is -2.44. The van der Waals surface area contributed by atoms with Gasteiger partial charge in [0, 0.05) is 34.9 Å². The second kappa shape index (κ2) is 6.40. The largest absolute Gasteiger partial charge is 0.328 e. The molecule has 1 aliphatic heterocycles. The number of fused-ring (bicyclic) bond motifs is 1. The van der Waals surface area contributed by atoms with Crippen molar-refractivity contribution in [2.45, 2.75) is 30.7 Å². The zero-order valence-corrected chi connectivity index (χ0v) is 14.6. The molecule has 2 N–H and O–H groups in total. The fraction of sp³-hybridized carbons (Fsp3) is 0.412. The molecule has 0 aliphatic carbocycles. The van der Waals surface area contributed by atoms with E-state index in [1.165, 1.54) is 0 Å². The molecule has 2 unspecified atom stereocenters. The van der Waals surface area contributed by atoms with Gasteiger partial charge in [-0.2, -0.15) is 4.31 Å². The van der Waals surface area contributed by atoms with Crippen LogP contribution in [0.5, 0.6) is 0 Å². The van der Waals surface area contributed by atoms with Gasteiger partial charge in [-0.25, -0.2) is 8.42 Å². The molecule has 0 spiro atoms. The Morgan fingerprint density at radius 1 is 1.22 bits per heavy atom. The highest BCUT2D eigenvalue weighted by Gasteiger charge is 2.32. The molecule has 1 saturated heterocycles. The zero-order chi connectivity index (χ0) is 16.6. The van der Waals surface area contributed by atoms with Crippen molar-refractivity contribution >= 4 is 32.4 Å². The summed E-state index contributed by atoms with van der Waals surface area (Å²) in [5, 5.41) is 1.99. The van der Waals surface area contributed by atoms with Gasteiger partial charge in [-0.1, -0.05) is 35.9 Å². The fourth-order valence-corrected chi connectivity index (χ4v) is 5.18. The Hall–Kier alpha value is -1.14. The molecular formula is C17H21ClN2O2S. The van der Waals surface area contributed by atoms with Crippen LogP contribution in [0.25, 0.3) is 10.8 Å². The zero-order valence-electron chi connectivity index (χ0n) is 13.1. The van der Waals surface area contributed by atoms with E-state index in [0.717, 1.165) is 18.2 Å². The SMILES string of the molecule is CC(N)C1CCCN(S(=O)(=O)c2ccc(Cl)c3ccccc23)C1.